The highest BCUT2D eigenvalue weighted by molar-refractivity contribution is 5.85. The van der Waals surface area contributed by atoms with Crippen LogP contribution in [0.2, 0.25) is 0 Å². The number of ether oxygens (including phenoxy) is 1. The Morgan fingerprint density at radius 2 is 2.04 bits per heavy atom. The average Bonchev–Trinajstić information content (AvgIpc) is 2.58. The number of hydrogen-bond acceptors (Lipinski definition) is 3. The van der Waals surface area contributed by atoms with E-state index in [1.165, 1.54) is 5.56 Å². The van der Waals surface area contributed by atoms with Crippen LogP contribution in [0, 0.1) is 5.92 Å². The van der Waals surface area contributed by atoms with Crippen LogP contribution in [0.3, 0.4) is 0 Å². The van der Waals surface area contributed by atoms with Gasteiger partial charge in [-0.1, -0.05) is 30.3 Å². The Morgan fingerprint density at radius 1 is 1.29 bits per heavy atom. The van der Waals surface area contributed by atoms with Crippen LogP contribution >= 0.6 is 12.4 Å². The van der Waals surface area contributed by atoms with Crippen LogP contribution in [0.15, 0.2) is 30.3 Å². The van der Waals surface area contributed by atoms with Gasteiger partial charge < -0.3 is 15.0 Å². The van der Waals surface area contributed by atoms with Gasteiger partial charge in [-0.15, -0.1) is 12.4 Å². The third-order valence-electron chi connectivity index (χ3n) is 4.59. The molecule has 1 N–H and O–H groups in total. The molecular weight excluding hydrogens is 324 g/mol. The molecule has 1 amide bonds. The second-order valence-electron chi connectivity index (χ2n) is 6.48. The molecule has 24 heavy (non-hydrogen) atoms. The van der Waals surface area contributed by atoms with Crippen molar-refractivity contribution in [3.63, 3.8) is 0 Å². The van der Waals surface area contributed by atoms with E-state index >= 15 is 0 Å². The van der Waals surface area contributed by atoms with E-state index in [0.717, 1.165) is 38.8 Å². The van der Waals surface area contributed by atoms with Crippen LogP contribution in [0.25, 0.3) is 0 Å². The van der Waals surface area contributed by atoms with Gasteiger partial charge in [0, 0.05) is 32.2 Å². The van der Waals surface area contributed by atoms with E-state index < -0.39 is 0 Å². The standard InChI is InChI=1S/C19H30N2O2.ClH/c1-16-15-18(10-11-20-16)19(22)21(13-14-23-2)12-6-9-17-7-4-3-5-8-17;/h3-5,7-8,16,18,20H,6,9-15H2,1-2H3;1H/t16-,18-;/m0./s1. The van der Waals surface area contributed by atoms with E-state index in [4.69, 9.17) is 4.74 Å². The second kappa shape index (κ2) is 11.5. The number of benzene rings is 1. The smallest absolute Gasteiger partial charge is 0.225 e. The second-order valence-corrected chi connectivity index (χ2v) is 6.48. The number of carbonyl (C=O) groups excluding carboxylic acids is 1. The Hall–Kier alpha value is -1.10. The van der Waals surface area contributed by atoms with Gasteiger partial charge in [-0.2, -0.15) is 0 Å². The lowest BCUT2D eigenvalue weighted by Crippen LogP contribution is -2.45. The van der Waals surface area contributed by atoms with Crippen molar-refractivity contribution in [3.05, 3.63) is 35.9 Å². The number of nitrogens with zero attached hydrogens (tertiary/aromatic N) is 1. The number of halogens is 1. The summed E-state index contributed by atoms with van der Waals surface area (Å²) in [5, 5.41) is 3.42. The minimum Gasteiger partial charge on any atom is -0.383 e. The fourth-order valence-electron chi connectivity index (χ4n) is 3.27. The highest BCUT2D eigenvalue weighted by Crippen LogP contribution is 2.19. The molecule has 2 atom stereocenters. The van der Waals surface area contributed by atoms with Gasteiger partial charge in [0.25, 0.3) is 0 Å². The monoisotopic (exact) mass is 354 g/mol. The molecule has 0 aliphatic carbocycles. The summed E-state index contributed by atoms with van der Waals surface area (Å²) in [6.07, 6.45) is 3.91. The van der Waals surface area contributed by atoms with Gasteiger partial charge in [-0.3, -0.25) is 4.79 Å². The normalized spacial score (nSPS) is 20.2. The third-order valence-corrected chi connectivity index (χ3v) is 4.59. The maximum Gasteiger partial charge on any atom is 0.225 e. The van der Waals surface area contributed by atoms with E-state index in [0.29, 0.717) is 25.1 Å². The van der Waals surface area contributed by atoms with Crippen molar-refractivity contribution in [1.82, 2.24) is 10.2 Å². The van der Waals surface area contributed by atoms with Crippen molar-refractivity contribution in [1.29, 1.82) is 0 Å². The van der Waals surface area contributed by atoms with Crippen LogP contribution in [0.1, 0.15) is 31.7 Å². The van der Waals surface area contributed by atoms with Crippen molar-refractivity contribution in [3.8, 4) is 0 Å². The molecule has 1 aromatic carbocycles. The minimum atomic E-state index is 0. The SMILES string of the molecule is COCCN(CCCc1ccccc1)C(=O)[C@H]1CCN[C@@H](C)C1.Cl. The van der Waals surface area contributed by atoms with Gasteiger partial charge in [0.2, 0.25) is 5.91 Å². The first kappa shape index (κ1) is 20.9. The van der Waals surface area contributed by atoms with Gasteiger partial charge in [-0.05, 0) is 44.7 Å². The predicted molar refractivity (Wildman–Crippen MR) is 101 cm³/mol. The van der Waals surface area contributed by atoms with Gasteiger partial charge in [0.1, 0.15) is 0 Å². The lowest BCUT2D eigenvalue weighted by Gasteiger charge is -2.32. The number of aryl methyl sites for hydroxylation is 1. The van der Waals surface area contributed by atoms with E-state index in [2.05, 4.69) is 36.5 Å². The molecule has 0 saturated carbocycles. The average molecular weight is 355 g/mol. The van der Waals surface area contributed by atoms with Crippen molar-refractivity contribution in [2.45, 2.75) is 38.6 Å². The van der Waals surface area contributed by atoms with Crippen LogP contribution in [0.4, 0.5) is 0 Å². The Balaban J connectivity index is 0.00000288. The molecule has 2 rings (SSSR count). The number of rotatable bonds is 8. The Morgan fingerprint density at radius 3 is 2.71 bits per heavy atom. The minimum absolute atomic E-state index is 0. The molecule has 1 aliphatic heterocycles. The highest BCUT2D eigenvalue weighted by Gasteiger charge is 2.28. The molecule has 4 nitrogen and oxygen atoms in total. The van der Waals surface area contributed by atoms with E-state index in [1.807, 2.05) is 11.0 Å². The molecular formula is C19H31ClN2O2. The first-order valence-electron chi connectivity index (χ1n) is 8.75. The summed E-state index contributed by atoms with van der Waals surface area (Å²) >= 11 is 0. The molecule has 0 radical (unpaired) electrons. The zero-order chi connectivity index (χ0) is 16.5. The topological polar surface area (TPSA) is 41.6 Å². The summed E-state index contributed by atoms with van der Waals surface area (Å²) < 4.78 is 5.19. The molecule has 0 aromatic heterocycles. The quantitative estimate of drug-likeness (QED) is 0.780. The number of hydrogen-bond donors (Lipinski definition) is 1. The van der Waals surface area contributed by atoms with Gasteiger partial charge >= 0.3 is 0 Å². The molecule has 136 valence electrons. The van der Waals surface area contributed by atoms with E-state index in [1.54, 1.807) is 7.11 Å². The molecule has 1 aromatic rings. The number of amides is 1. The first-order chi connectivity index (χ1) is 11.2. The lowest BCUT2D eigenvalue weighted by molar-refractivity contribution is -0.137. The third kappa shape index (κ3) is 6.80. The summed E-state index contributed by atoms with van der Waals surface area (Å²) in [7, 11) is 1.69. The fraction of sp³-hybridized carbons (Fsp3) is 0.632. The van der Waals surface area contributed by atoms with Crippen LogP contribution < -0.4 is 5.32 Å². The van der Waals surface area contributed by atoms with Gasteiger partial charge in [0.05, 0.1) is 6.61 Å². The Labute approximate surface area is 152 Å². The molecule has 0 unspecified atom stereocenters. The Kier molecular flexibility index (Phi) is 9.99. The molecule has 1 heterocycles. The zero-order valence-electron chi connectivity index (χ0n) is 14.9. The van der Waals surface area contributed by atoms with Crippen molar-refractivity contribution in [2.24, 2.45) is 5.92 Å². The Bertz CT molecular complexity index is 470. The van der Waals surface area contributed by atoms with E-state index in [9.17, 15) is 4.79 Å². The molecule has 1 saturated heterocycles. The number of piperidine rings is 1. The summed E-state index contributed by atoms with van der Waals surface area (Å²) in [6, 6.07) is 10.9. The molecule has 0 bridgehead atoms. The zero-order valence-corrected chi connectivity index (χ0v) is 15.7. The predicted octanol–water partition coefficient (Wildman–Crippen LogP) is 2.90. The highest BCUT2D eigenvalue weighted by atomic mass is 35.5. The summed E-state index contributed by atoms with van der Waals surface area (Å²) in [5.41, 5.74) is 1.34. The first-order valence-corrected chi connectivity index (χ1v) is 8.75. The molecule has 5 heteroatoms. The maximum absolute atomic E-state index is 12.8. The molecule has 1 fully saturated rings. The van der Waals surface area contributed by atoms with Crippen molar-refractivity contribution in [2.75, 3.05) is 33.4 Å². The summed E-state index contributed by atoms with van der Waals surface area (Å²) in [5.74, 6) is 0.475. The number of carbonyl (C=O) groups is 1. The lowest BCUT2D eigenvalue weighted by atomic mass is 9.92. The molecule has 1 aliphatic rings. The van der Waals surface area contributed by atoms with Crippen LogP contribution in [0.5, 0.6) is 0 Å². The van der Waals surface area contributed by atoms with Crippen LogP contribution in [-0.2, 0) is 16.0 Å². The van der Waals surface area contributed by atoms with Crippen molar-refractivity contribution < 1.29 is 9.53 Å². The maximum atomic E-state index is 12.8. The van der Waals surface area contributed by atoms with Gasteiger partial charge in [-0.25, -0.2) is 0 Å². The fourth-order valence-corrected chi connectivity index (χ4v) is 3.27. The largest absolute Gasteiger partial charge is 0.383 e. The van der Waals surface area contributed by atoms with E-state index in [-0.39, 0.29) is 18.3 Å². The summed E-state index contributed by atoms with van der Waals surface area (Å²) in [6.45, 7) is 5.23. The van der Waals surface area contributed by atoms with Crippen molar-refractivity contribution >= 4 is 18.3 Å². The number of methoxy groups -OCH3 is 1. The van der Waals surface area contributed by atoms with Gasteiger partial charge in [0.15, 0.2) is 0 Å². The summed E-state index contributed by atoms with van der Waals surface area (Å²) in [4.78, 5) is 14.8. The molecule has 0 spiro atoms. The van der Waals surface area contributed by atoms with Crippen LogP contribution in [-0.4, -0.2) is 50.2 Å². The number of nitrogens with one attached hydrogen (secondary N) is 1.